The standard InChI is InChI=1S/C24H28N4O3S/c1-13-5-6-17-18(9-13)32-24-21(17)23(26-12-27-24)31-11-20(30)25-10-19(29)28-22-15(3)7-14(2)8-16(22)4/h7-8,12-13H,5-6,9-11H2,1-4H3,(H,25,30)(H,28,29). The van der Waals surface area contributed by atoms with Gasteiger partial charge in [-0.2, -0.15) is 0 Å². The molecule has 3 aromatic rings. The van der Waals surface area contributed by atoms with E-state index in [9.17, 15) is 9.59 Å². The van der Waals surface area contributed by atoms with Gasteiger partial charge in [0, 0.05) is 10.6 Å². The molecule has 0 saturated heterocycles. The highest BCUT2D eigenvalue weighted by Crippen LogP contribution is 2.40. The van der Waals surface area contributed by atoms with Gasteiger partial charge in [0.15, 0.2) is 6.61 Å². The first-order valence-corrected chi connectivity index (χ1v) is 11.7. The largest absolute Gasteiger partial charge is 0.467 e. The van der Waals surface area contributed by atoms with E-state index in [1.165, 1.54) is 16.8 Å². The van der Waals surface area contributed by atoms with Crippen molar-refractivity contribution < 1.29 is 14.3 Å². The van der Waals surface area contributed by atoms with Gasteiger partial charge in [-0.1, -0.05) is 24.6 Å². The van der Waals surface area contributed by atoms with E-state index in [0.717, 1.165) is 51.9 Å². The molecule has 2 aromatic heterocycles. The lowest BCUT2D eigenvalue weighted by Crippen LogP contribution is -2.36. The lowest BCUT2D eigenvalue weighted by Gasteiger charge is -2.18. The molecule has 7 nitrogen and oxygen atoms in total. The second-order valence-electron chi connectivity index (χ2n) is 8.60. The molecule has 32 heavy (non-hydrogen) atoms. The predicted octanol–water partition coefficient (Wildman–Crippen LogP) is 3.88. The number of thiophene rings is 1. The number of rotatable bonds is 6. The number of hydrogen-bond acceptors (Lipinski definition) is 6. The topological polar surface area (TPSA) is 93.2 Å². The van der Waals surface area contributed by atoms with Gasteiger partial charge in [0.25, 0.3) is 5.91 Å². The molecule has 0 fully saturated rings. The number of anilines is 1. The van der Waals surface area contributed by atoms with Gasteiger partial charge in [-0.15, -0.1) is 11.3 Å². The number of carbonyl (C=O) groups excluding carboxylic acids is 2. The van der Waals surface area contributed by atoms with E-state index in [0.29, 0.717) is 11.8 Å². The lowest BCUT2D eigenvalue weighted by atomic mass is 9.89. The number of nitrogens with zero attached hydrogens (tertiary/aromatic N) is 2. The number of fused-ring (bicyclic) bond motifs is 3. The van der Waals surface area contributed by atoms with Crippen LogP contribution >= 0.6 is 11.3 Å². The maximum atomic E-state index is 12.3. The fraction of sp³-hybridized carbons (Fsp3) is 0.417. The molecule has 4 rings (SSSR count). The van der Waals surface area contributed by atoms with Crippen molar-refractivity contribution >= 4 is 39.1 Å². The third-order valence-corrected chi connectivity index (χ3v) is 6.95. The molecule has 168 valence electrons. The van der Waals surface area contributed by atoms with E-state index in [4.69, 9.17) is 4.74 Å². The van der Waals surface area contributed by atoms with E-state index < -0.39 is 0 Å². The molecule has 1 aliphatic carbocycles. The average Bonchev–Trinajstić information content (AvgIpc) is 3.11. The van der Waals surface area contributed by atoms with Crippen molar-refractivity contribution in [3.63, 3.8) is 0 Å². The summed E-state index contributed by atoms with van der Waals surface area (Å²) in [5.74, 6) is 0.450. The molecule has 0 radical (unpaired) electrons. The first kappa shape index (κ1) is 22.2. The van der Waals surface area contributed by atoms with Gasteiger partial charge < -0.3 is 15.4 Å². The van der Waals surface area contributed by atoms with Crippen LogP contribution in [0.3, 0.4) is 0 Å². The van der Waals surface area contributed by atoms with E-state index in [1.54, 1.807) is 11.3 Å². The van der Waals surface area contributed by atoms with Crippen LogP contribution in [0.2, 0.25) is 0 Å². The third kappa shape index (κ3) is 4.75. The number of amides is 2. The Morgan fingerprint density at radius 3 is 2.66 bits per heavy atom. The number of ether oxygens (including phenoxy) is 1. The first-order valence-electron chi connectivity index (χ1n) is 10.8. The Kier molecular flexibility index (Phi) is 6.41. The molecule has 2 N–H and O–H groups in total. The zero-order valence-corrected chi connectivity index (χ0v) is 19.7. The summed E-state index contributed by atoms with van der Waals surface area (Å²) in [4.78, 5) is 35.5. The van der Waals surface area contributed by atoms with E-state index >= 15 is 0 Å². The number of aromatic nitrogens is 2. The second kappa shape index (κ2) is 9.24. The number of benzene rings is 1. The van der Waals surface area contributed by atoms with Gasteiger partial charge in [0.05, 0.1) is 11.9 Å². The number of hydrogen-bond donors (Lipinski definition) is 2. The molecule has 1 aromatic carbocycles. The Balaban J connectivity index is 1.35. The average molecular weight is 453 g/mol. The zero-order chi connectivity index (χ0) is 22.8. The van der Waals surface area contributed by atoms with Crippen LogP contribution in [0.4, 0.5) is 5.69 Å². The Morgan fingerprint density at radius 1 is 1.16 bits per heavy atom. The van der Waals surface area contributed by atoms with Crippen molar-refractivity contribution in [2.24, 2.45) is 5.92 Å². The number of nitrogens with one attached hydrogen (secondary N) is 2. The van der Waals surface area contributed by atoms with Crippen molar-refractivity contribution in [2.75, 3.05) is 18.5 Å². The summed E-state index contributed by atoms with van der Waals surface area (Å²) in [6, 6.07) is 4.03. The summed E-state index contributed by atoms with van der Waals surface area (Å²) in [5.41, 5.74) is 5.16. The van der Waals surface area contributed by atoms with Crippen LogP contribution in [0.1, 0.15) is 40.5 Å². The van der Waals surface area contributed by atoms with Crippen molar-refractivity contribution in [1.82, 2.24) is 15.3 Å². The molecular weight excluding hydrogens is 424 g/mol. The molecular formula is C24H28N4O3S. The maximum absolute atomic E-state index is 12.3. The van der Waals surface area contributed by atoms with Gasteiger partial charge in [0.1, 0.15) is 11.2 Å². The predicted molar refractivity (Wildman–Crippen MR) is 126 cm³/mol. The molecule has 0 spiro atoms. The first-order chi connectivity index (χ1) is 15.3. The van der Waals surface area contributed by atoms with Crippen LogP contribution in [0.15, 0.2) is 18.5 Å². The van der Waals surface area contributed by atoms with Crippen LogP contribution in [0, 0.1) is 26.7 Å². The van der Waals surface area contributed by atoms with Crippen LogP contribution in [0.25, 0.3) is 10.2 Å². The van der Waals surface area contributed by atoms with Crippen molar-refractivity contribution in [3.8, 4) is 5.88 Å². The van der Waals surface area contributed by atoms with Crippen LogP contribution in [-0.2, 0) is 22.4 Å². The Labute approximate surface area is 191 Å². The van der Waals surface area contributed by atoms with Gasteiger partial charge >= 0.3 is 0 Å². The zero-order valence-electron chi connectivity index (χ0n) is 18.9. The van der Waals surface area contributed by atoms with Crippen LogP contribution < -0.4 is 15.4 Å². The SMILES string of the molecule is Cc1cc(C)c(NC(=O)CNC(=O)COc2ncnc3sc4c(c23)CCC(C)C4)c(C)c1. The Morgan fingerprint density at radius 2 is 1.91 bits per heavy atom. The highest BCUT2D eigenvalue weighted by Gasteiger charge is 2.24. The molecule has 2 amide bonds. The van der Waals surface area contributed by atoms with Crippen LogP contribution in [0.5, 0.6) is 5.88 Å². The summed E-state index contributed by atoms with van der Waals surface area (Å²) in [7, 11) is 0. The molecule has 0 aliphatic heterocycles. The maximum Gasteiger partial charge on any atom is 0.258 e. The van der Waals surface area contributed by atoms with E-state index in [1.807, 2.05) is 32.9 Å². The smallest absolute Gasteiger partial charge is 0.258 e. The minimum Gasteiger partial charge on any atom is -0.467 e. The van der Waals surface area contributed by atoms with Crippen molar-refractivity contribution in [2.45, 2.75) is 47.0 Å². The van der Waals surface area contributed by atoms with E-state index in [-0.39, 0.29) is 25.0 Å². The minimum atomic E-state index is -0.373. The lowest BCUT2D eigenvalue weighted by molar-refractivity contribution is -0.125. The fourth-order valence-corrected chi connectivity index (χ4v) is 5.62. The highest BCUT2D eigenvalue weighted by atomic mass is 32.1. The molecule has 1 aliphatic rings. The Bertz CT molecular complexity index is 1160. The monoisotopic (exact) mass is 452 g/mol. The van der Waals surface area contributed by atoms with Crippen LogP contribution in [-0.4, -0.2) is 34.9 Å². The summed E-state index contributed by atoms with van der Waals surface area (Å²) in [5, 5.41) is 6.42. The molecule has 1 atom stereocenters. The fourth-order valence-electron chi connectivity index (χ4n) is 4.28. The van der Waals surface area contributed by atoms with Crippen molar-refractivity contribution in [3.05, 3.63) is 45.6 Å². The number of carbonyl (C=O) groups is 2. The summed E-state index contributed by atoms with van der Waals surface area (Å²) < 4.78 is 5.75. The molecule has 2 heterocycles. The second-order valence-corrected chi connectivity index (χ2v) is 9.68. The van der Waals surface area contributed by atoms with Gasteiger partial charge in [-0.05, 0) is 62.6 Å². The van der Waals surface area contributed by atoms with Crippen molar-refractivity contribution in [1.29, 1.82) is 0 Å². The molecule has 0 bridgehead atoms. The van der Waals surface area contributed by atoms with Gasteiger partial charge in [-0.3, -0.25) is 9.59 Å². The highest BCUT2D eigenvalue weighted by molar-refractivity contribution is 7.18. The van der Waals surface area contributed by atoms with Gasteiger partial charge in [0.2, 0.25) is 11.8 Å². The molecule has 8 heteroatoms. The normalized spacial score (nSPS) is 15.3. The summed E-state index contributed by atoms with van der Waals surface area (Å²) in [6.07, 6.45) is 4.62. The summed E-state index contributed by atoms with van der Waals surface area (Å²) in [6.45, 7) is 7.85. The van der Waals surface area contributed by atoms with E-state index in [2.05, 4.69) is 27.5 Å². The molecule has 0 saturated carbocycles. The van der Waals surface area contributed by atoms with Gasteiger partial charge in [-0.25, -0.2) is 9.97 Å². The Hall–Kier alpha value is -3.00. The summed E-state index contributed by atoms with van der Waals surface area (Å²) >= 11 is 1.69. The molecule has 1 unspecified atom stereocenters. The minimum absolute atomic E-state index is 0.125. The number of aryl methyl sites for hydroxylation is 4. The third-order valence-electron chi connectivity index (χ3n) is 5.78. The quantitative estimate of drug-likeness (QED) is 0.592.